The van der Waals surface area contributed by atoms with E-state index in [1.54, 1.807) is 0 Å². The van der Waals surface area contributed by atoms with Gasteiger partial charge in [0.2, 0.25) is 0 Å². The van der Waals surface area contributed by atoms with E-state index in [1.165, 1.54) is 25.7 Å². The predicted octanol–water partition coefficient (Wildman–Crippen LogP) is 5.04. The second kappa shape index (κ2) is 8.46. The van der Waals surface area contributed by atoms with Crippen LogP contribution in [0.4, 0.5) is 0 Å². The number of fused-ring (bicyclic) bond motifs is 5. The first-order valence-corrected chi connectivity index (χ1v) is 12.3. The number of allylic oxidation sites excluding steroid dienone is 3. The maximum absolute atomic E-state index is 13.8. The molecule has 0 bridgehead atoms. The Morgan fingerprint density at radius 3 is 2.66 bits per heavy atom. The van der Waals surface area contributed by atoms with E-state index in [2.05, 4.69) is 26.8 Å². The largest absolute Gasteiger partial charge is 0.466 e. The van der Waals surface area contributed by atoms with Gasteiger partial charge < -0.3 is 9.47 Å². The lowest BCUT2D eigenvalue weighted by molar-refractivity contribution is -0.166. The van der Waals surface area contributed by atoms with Gasteiger partial charge in [-0.25, -0.2) is 4.79 Å². The van der Waals surface area contributed by atoms with Crippen LogP contribution >= 0.6 is 0 Å². The minimum absolute atomic E-state index is 0.00767. The van der Waals surface area contributed by atoms with Crippen molar-refractivity contribution >= 4 is 17.7 Å². The highest BCUT2D eigenvalue weighted by molar-refractivity contribution is 5.85. The number of carbonyl (C=O) groups excluding carboxylic acids is 3. The van der Waals surface area contributed by atoms with Gasteiger partial charge in [0.25, 0.3) is 0 Å². The van der Waals surface area contributed by atoms with Crippen LogP contribution in [0.3, 0.4) is 0 Å². The molecular formula is C27H38O5. The van der Waals surface area contributed by atoms with E-state index in [0.717, 1.165) is 38.5 Å². The smallest absolute Gasteiger partial charge is 0.330 e. The van der Waals surface area contributed by atoms with Gasteiger partial charge in [0.1, 0.15) is 11.9 Å². The molecule has 0 aromatic carbocycles. The molecule has 0 spiro atoms. The summed E-state index contributed by atoms with van der Waals surface area (Å²) >= 11 is 0. The molecule has 176 valence electrons. The molecule has 0 saturated heterocycles. The Morgan fingerprint density at radius 1 is 1.22 bits per heavy atom. The SMILES string of the molecule is COC(=O)/C=C/[C@@H](C)C1=CCC2C3CCC4C[C@@H](OC(C)=O)CC[C@]4(C)C3C(=O)C[C@]12C. The van der Waals surface area contributed by atoms with Crippen LogP contribution in [0, 0.1) is 40.4 Å². The Hall–Kier alpha value is -1.91. The standard InChI is InChI=1S/C27H38O5/c1-16(6-11-24(30)31-5)21-9-10-22-20-8-7-18-14-19(32-17(2)28)12-13-26(18,3)25(20)23(29)15-27(21,22)4/h6,9,11,16,18-20,22,25H,7-8,10,12-15H2,1-5H3/b11-6+/t16-,18?,19+,20?,22?,25?,26+,27-/m1/s1. The zero-order valence-corrected chi connectivity index (χ0v) is 20.2. The van der Waals surface area contributed by atoms with E-state index in [4.69, 9.17) is 9.47 Å². The third-order valence-electron chi connectivity index (χ3n) is 9.49. The van der Waals surface area contributed by atoms with E-state index >= 15 is 0 Å². The van der Waals surface area contributed by atoms with Crippen molar-refractivity contribution in [3.63, 3.8) is 0 Å². The first-order valence-electron chi connectivity index (χ1n) is 12.3. The van der Waals surface area contributed by atoms with Crippen LogP contribution in [0.1, 0.15) is 72.6 Å². The fraction of sp³-hybridized carbons (Fsp3) is 0.741. The summed E-state index contributed by atoms with van der Waals surface area (Å²) in [7, 11) is 1.39. The Balaban J connectivity index is 1.54. The summed E-state index contributed by atoms with van der Waals surface area (Å²) in [6, 6.07) is 0. The van der Waals surface area contributed by atoms with E-state index in [0.29, 0.717) is 30.0 Å². The van der Waals surface area contributed by atoms with Crippen LogP contribution in [0.2, 0.25) is 0 Å². The molecule has 4 aliphatic rings. The van der Waals surface area contributed by atoms with Gasteiger partial charge in [0.05, 0.1) is 7.11 Å². The molecule has 5 nitrogen and oxygen atoms in total. The molecule has 0 aliphatic heterocycles. The monoisotopic (exact) mass is 442 g/mol. The average molecular weight is 443 g/mol. The minimum Gasteiger partial charge on any atom is -0.466 e. The molecule has 0 amide bonds. The summed E-state index contributed by atoms with van der Waals surface area (Å²) in [4.78, 5) is 36.8. The maximum Gasteiger partial charge on any atom is 0.330 e. The van der Waals surface area contributed by atoms with E-state index in [-0.39, 0.29) is 40.7 Å². The first-order chi connectivity index (χ1) is 15.1. The number of ether oxygens (including phenoxy) is 2. The lowest BCUT2D eigenvalue weighted by atomic mass is 9.44. The van der Waals surface area contributed by atoms with Crippen molar-refractivity contribution in [2.45, 2.75) is 78.7 Å². The fourth-order valence-corrected chi connectivity index (χ4v) is 8.08. The molecule has 8 atom stereocenters. The highest BCUT2D eigenvalue weighted by atomic mass is 16.5. The number of carbonyl (C=O) groups is 3. The van der Waals surface area contributed by atoms with Crippen molar-refractivity contribution in [1.29, 1.82) is 0 Å². The Kier molecular flexibility index (Phi) is 6.15. The van der Waals surface area contributed by atoms with E-state index in [1.807, 2.05) is 6.08 Å². The Labute approximate surface area is 192 Å². The molecule has 0 aromatic rings. The Morgan fingerprint density at radius 2 is 1.97 bits per heavy atom. The second-order valence-corrected chi connectivity index (χ2v) is 11.2. The van der Waals surface area contributed by atoms with E-state index in [9.17, 15) is 14.4 Å². The van der Waals surface area contributed by atoms with Gasteiger partial charge in [-0.05, 0) is 73.0 Å². The minimum atomic E-state index is -0.340. The normalized spacial score (nSPS) is 41.8. The van der Waals surface area contributed by atoms with Gasteiger partial charge in [0.15, 0.2) is 0 Å². The summed E-state index contributed by atoms with van der Waals surface area (Å²) in [5.41, 5.74) is 1.19. The lowest BCUT2D eigenvalue weighted by Gasteiger charge is -2.60. The van der Waals surface area contributed by atoms with Gasteiger partial charge >= 0.3 is 11.9 Å². The van der Waals surface area contributed by atoms with Crippen LogP contribution in [-0.4, -0.2) is 30.9 Å². The predicted molar refractivity (Wildman–Crippen MR) is 121 cm³/mol. The first kappa shape index (κ1) is 23.3. The zero-order chi connectivity index (χ0) is 23.3. The molecule has 4 rings (SSSR count). The van der Waals surface area contributed by atoms with Crippen LogP contribution in [0.5, 0.6) is 0 Å². The molecule has 3 saturated carbocycles. The van der Waals surface area contributed by atoms with Gasteiger partial charge in [-0.2, -0.15) is 0 Å². The number of esters is 2. The molecule has 5 heteroatoms. The summed E-state index contributed by atoms with van der Waals surface area (Å²) in [6.07, 6.45) is 12.3. The van der Waals surface area contributed by atoms with Gasteiger partial charge in [0, 0.05) is 25.3 Å². The quantitative estimate of drug-likeness (QED) is 0.346. The van der Waals surface area contributed by atoms with Crippen molar-refractivity contribution in [1.82, 2.24) is 0 Å². The molecule has 0 N–H and O–H groups in total. The van der Waals surface area contributed by atoms with Crippen LogP contribution in [-0.2, 0) is 23.9 Å². The third-order valence-corrected chi connectivity index (χ3v) is 9.49. The number of rotatable bonds is 4. The second-order valence-electron chi connectivity index (χ2n) is 11.2. The molecule has 4 unspecified atom stereocenters. The molecule has 0 radical (unpaired) electrons. The molecule has 3 fully saturated rings. The van der Waals surface area contributed by atoms with Crippen molar-refractivity contribution in [3.05, 3.63) is 23.8 Å². The van der Waals surface area contributed by atoms with Gasteiger partial charge in [-0.1, -0.05) is 38.5 Å². The molecule has 32 heavy (non-hydrogen) atoms. The molecular weight excluding hydrogens is 404 g/mol. The fourth-order valence-electron chi connectivity index (χ4n) is 8.08. The summed E-state index contributed by atoms with van der Waals surface area (Å²) < 4.78 is 10.3. The van der Waals surface area contributed by atoms with Gasteiger partial charge in [-0.15, -0.1) is 0 Å². The van der Waals surface area contributed by atoms with Crippen molar-refractivity contribution in [2.75, 3.05) is 7.11 Å². The molecule has 0 heterocycles. The number of methoxy groups -OCH3 is 1. The van der Waals surface area contributed by atoms with Crippen LogP contribution < -0.4 is 0 Å². The highest BCUT2D eigenvalue weighted by Gasteiger charge is 2.62. The maximum atomic E-state index is 13.8. The van der Waals surface area contributed by atoms with Crippen molar-refractivity contribution in [3.8, 4) is 0 Å². The Bertz CT molecular complexity index is 856. The topological polar surface area (TPSA) is 69.7 Å². The summed E-state index contributed by atoms with van der Waals surface area (Å²) in [6.45, 7) is 8.22. The highest BCUT2D eigenvalue weighted by Crippen LogP contribution is 2.66. The number of Topliss-reactive ketones (excluding diaryl/α,β-unsaturated/α-hetero) is 1. The number of ketones is 1. The van der Waals surface area contributed by atoms with Crippen molar-refractivity contribution in [2.24, 2.45) is 40.4 Å². The molecule has 0 aromatic heterocycles. The average Bonchev–Trinajstić information content (AvgIpc) is 3.07. The summed E-state index contributed by atoms with van der Waals surface area (Å²) in [5, 5.41) is 0. The third kappa shape index (κ3) is 3.76. The van der Waals surface area contributed by atoms with E-state index < -0.39 is 0 Å². The van der Waals surface area contributed by atoms with Crippen molar-refractivity contribution < 1.29 is 23.9 Å². The zero-order valence-electron chi connectivity index (χ0n) is 20.2. The van der Waals surface area contributed by atoms with Crippen LogP contribution in [0.15, 0.2) is 23.8 Å². The number of hydrogen-bond donors (Lipinski definition) is 0. The summed E-state index contributed by atoms with van der Waals surface area (Å²) in [5.74, 6) is 1.46. The number of hydrogen-bond acceptors (Lipinski definition) is 5. The molecule has 4 aliphatic carbocycles. The van der Waals surface area contributed by atoms with Gasteiger partial charge in [-0.3, -0.25) is 9.59 Å². The lowest BCUT2D eigenvalue weighted by Crippen LogP contribution is -2.57. The van der Waals surface area contributed by atoms with Crippen LogP contribution in [0.25, 0.3) is 0 Å².